The van der Waals surface area contributed by atoms with Crippen molar-refractivity contribution in [1.29, 1.82) is 0 Å². The molecule has 6 heteroatoms. The molecule has 116 valence electrons. The van der Waals surface area contributed by atoms with Gasteiger partial charge in [0.05, 0.1) is 16.8 Å². The lowest BCUT2D eigenvalue weighted by Gasteiger charge is -2.32. The number of piperidine rings is 1. The maximum absolute atomic E-state index is 6.09. The molecule has 2 fully saturated rings. The lowest BCUT2D eigenvalue weighted by Crippen LogP contribution is -2.41. The maximum atomic E-state index is 6.09. The zero-order valence-electron chi connectivity index (χ0n) is 13.8. The molecule has 3 rings (SSSR count). The Morgan fingerprint density at radius 3 is 2.19 bits per heavy atom. The van der Waals surface area contributed by atoms with Crippen LogP contribution < -0.4 is 10.5 Å². The molecule has 0 N–H and O–H groups in total. The van der Waals surface area contributed by atoms with E-state index in [4.69, 9.17) is 14.3 Å². The van der Waals surface area contributed by atoms with Gasteiger partial charge >= 0.3 is 7.12 Å². The molecule has 1 aromatic rings. The molecule has 21 heavy (non-hydrogen) atoms. The Balaban J connectivity index is 1.81. The van der Waals surface area contributed by atoms with Gasteiger partial charge in [-0.25, -0.2) is 4.98 Å². The van der Waals surface area contributed by atoms with Gasteiger partial charge in [-0.2, -0.15) is 0 Å². The molecule has 0 bridgehead atoms. The monoisotopic (exact) mass is 291 g/mol. The van der Waals surface area contributed by atoms with E-state index in [2.05, 4.69) is 37.2 Å². The molecule has 3 heterocycles. The minimum atomic E-state index is -0.375. The lowest BCUT2D eigenvalue weighted by molar-refractivity contribution is 0.00578. The second kappa shape index (κ2) is 5.02. The summed E-state index contributed by atoms with van der Waals surface area (Å²) < 4.78 is 14.3. The van der Waals surface area contributed by atoms with Gasteiger partial charge < -0.3 is 18.8 Å². The van der Waals surface area contributed by atoms with E-state index in [1.807, 2.05) is 13.2 Å². The first-order valence-corrected chi connectivity index (χ1v) is 7.94. The largest absolute Gasteiger partial charge is 0.516 e. The third kappa shape index (κ3) is 2.59. The predicted molar refractivity (Wildman–Crippen MR) is 85.0 cm³/mol. The first kappa shape index (κ1) is 14.9. The van der Waals surface area contributed by atoms with Crippen LogP contribution in [0.5, 0.6) is 0 Å². The van der Waals surface area contributed by atoms with Gasteiger partial charge in [-0.3, -0.25) is 0 Å². The quantitative estimate of drug-likeness (QED) is 0.778. The molecule has 0 aromatic carbocycles. The van der Waals surface area contributed by atoms with Crippen LogP contribution in [0.2, 0.25) is 0 Å². The van der Waals surface area contributed by atoms with Crippen LogP contribution in [0, 0.1) is 0 Å². The van der Waals surface area contributed by atoms with Crippen molar-refractivity contribution in [2.24, 2.45) is 7.05 Å². The van der Waals surface area contributed by atoms with Gasteiger partial charge in [0, 0.05) is 26.3 Å². The molecule has 5 nitrogen and oxygen atoms in total. The van der Waals surface area contributed by atoms with Crippen molar-refractivity contribution >= 4 is 18.7 Å². The molecular weight excluding hydrogens is 265 g/mol. The number of aromatic nitrogens is 2. The van der Waals surface area contributed by atoms with E-state index >= 15 is 0 Å². The van der Waals surface area contributed by atoms with Crippen LogP contribution in [0.15, 0.2) is 6.20 Å². The first-order chi connectivity index (χ1) is 9.80. The highest BCUT2D eigenvalue weighted by Crippen LogP contribution is 2.36. The van der Waals surface area contributed by atoms with E-state index in [0.717, 1.165) is 24.6 Å². The summed E-state index contributed by atoms with van der Waals surface area (Å²) in [6.45, 7) is 10.5. The van der Waals surface area contributed by atoms with Crippen molar-refractivity contribution < 1.29 is 9.31 Å². The maximum Gasteiger partial charge on any atom is 0.516 e. The van der Waals surface area contributed by atoms with E-state index in [1.54, 1.807) is 0 Å². The van der Waals surface area contributed by atoms with Crippen LogP contribution in [-0.4, -0.2) is 41.0 Å². The van der Waals surface area contributed by atoms with Crippen LogP contribution >= 0.6 is 0 Å². The third-order valence-corrected chi connectivity index (χ3v) is 5.00. The van der Waals surface area contributed by atoms with Crippen LogP contribution in [0.4, 0.5) is 5.95 Å². The highest BCUT2D eigenvalue weighted by atomic mass is 16.7. The second-order valence-corrected chi connectivity index (χ2v) is 7.21. The number of anilines is 1. The molecule has 2 aliphatic rings. The highest BCUT2D eigenvalue weighted by Gasteiger charge is 2.52. The summed E-state index contributed by atoms with van der Waals surface area (Å²) in [7, 11) is 1.67. The lowest BCUT2D eigenvalue weighted by atomic mass is 9.86. The van der Waals surface area contributed by atoms with Gasteiger partial charge in [0.15, 0.2) is 0 Å². The fraction of sp³-hybridized carbons (Fsp3) is 0.800. The van der Waals surface area contributed by atoms with Crippen molar-refractivity contribution in [3.8, 4) is 0 Å². The van der Waals surface area contributed by atoms with E-state index < -0.39 is 0 Å². The Hall–Kier alpha value is -1.01. The molecule has 1 aromatic heterocycles. The fourth-order valence-corrected chi connectivity index (χ4v) is 2.94. The third-order valence-electron chi connectivity index (χ3n) is 5.00. The topological polar surface area (TPSA) is 39.5 Å². The number of hydrogen-bond acceptors (Lipinski definition) is 4. The van der Waals surface area contributed by atoms with Gasteiger partial charge in [-0.15, -0.1) is 0 Å². The fourth-order valence-electron chi connectivity index (χ4n) is 2.94. The predicted octanol–water partition coefficient (Wildman–Crippen LogP) is 1.71. The van der Waals surface area contributed by atoms with Crippen molar-refractivity contribution in [2.75, 3.05) is 18.0 Å². The van der Waals surface area contributed by atoms with Gasteiger partial charge in [-0.1, -0.05) is 0 Å². The number of hydrogen-bond donors (Lipinski definition) is 0. The minimum Gasteiger partial charge on any atom is -0.398 e. The normalized spacial score (nSPS) is 24.6. The average Bonchev–Trinajstić information content (AvgIpc) is 2.89. The van der Waals surface area contributed by atoms with Gasteiger partial charge in [-0.05, 0) is 47.0 Å². The molecule has 2 saturated heterocycles. The number of rotatable bonds is 2. The molecule has 0 unspecified atom stereocenters. The summed E-state index contributed by atoms with van der Waals surface area (Å²) in [6.07, 6.45) is 5.86. The Morgan fingerprint density at radius 2 is 1.62 bits per heavy atom. The number of nitrogens with zero attached hydrogens (tertiary/aromatic N) is 3. The Kier molecular flexibility index (Phi) is 3.57. The van der Waals surface area contributed by atoms with Crippen LogP contribution in [0.25, 0.3) is 0 Å². The average molecular weight is 291 g/mol. The summed E-state index contributed by atoms with van der Waals surface area (Å²) in [5, 5.41) is 0. The number of aryl methyl sites for hydroxylation is 1. The van der Waals surface area contributed by atoms with Crippen molar-refractivity contribution in [1.82, 2.24) is 9.55 Å². The van der Waals surface area contributed by atoms with E-state index in [0.29, 0.717) is 0 Å². The van der Waals surface area contributed by atoms with Crippen molar-refractivity contribution in [3.05, 3.63) is 6.20 Å². The molecule has 0 radical (unpaired) electrons. The Bertz CT molecular complexity index is 505. The van der Waals surface area contributed by atoms with Gasteiger partial charge in [0.2, 0.25) is 5.95 Å². The van der Waals surface area contributed by atoms with Crippen LogP contribution in [0.3, 0.4) is 0 Å². The van der Waals surface area contributed by atoms with Crippen LogP contribution in [-0.2, 0) is 16.4 Å². The SMILES string of the molecule is Cn1cc(B2OC(C)(C)C(C)(C)O2)nc1N1CCCCC1. The Labute approximate surface area is 127 Å². The molecule has 2 aliphatic heterocycles. The summed E-state index contributed by atoms with van der Waals surface area (Å²) in [5.41, 5.74) is 0.234. The summed E-state index contributed by atoms with van der Waals surface area (Å²) >= 11 is 0. The summed E-state index contributed by atoms with van der Waals surface area (Å²) in [4.78, 5) is 7.14. The van der Waals surface area contributed by atoms with Crippen molar-refractivity contribution in [3.63, 3.8) is 0 Å². The zero-order valence-corrected chi connectivity index (χ0v) is 13.8. The van der Waals surface area contributed by atoms with Gasteiger partial charge in [0.1, 0.15) is 0 Å². The van der Waals surface area contributed by atoms with Gasteiger partial charge in [0.25, 0.3) is 0 Å². The second-order valence-electron chi connectivity index (χ2n) is 7.21. The molecular formula is C15H26BN3O2. The molecule has 0 atom stereocenters. The number of imidazole rings is 1. The molecule has 0 spiro atoms. The minimum absolute atomic E-state index is 0.319. The van der Waals surface area contributed by atoms with Crippen LogP contribution in [0.1, 0.15) is 47.0 Å². The van der Waals surface area contributed by atoms with Crippen molar-refractivity contribution in [2.45, 2.75) is 58.2 Å². The highest BCUT2D eigenvalue weighted by molar-refractivity contribution is 6.61. The molecule has 0 saturated carbocycles. The first-order valence-electron chi connectivity index (χ1n) is 7.94. The van der Waals surface area contributed by atoms with E-state index in [9.17, 15) is 0 Å². The Morgan fingerprint density at radius 1 is 1.05 bits per heavy atom. The molecule has 0 amide bonds. The van der Waals surface area contributed by atoms with E-state index in [1.165, 1.54) is 19.3 Å². The summed E-state index contributed by atoms with van der Waals surface area (Å²) in [6, 6.07) is 0. The molecule has 0 aliphatic carbocycles. The summed E-state index contributed by atoms with van der Waals surface area (Å²) in [5.74, 6) is 1.03. The standard InChI is InChI=1S/C15H26BN3O2/c1-14(2)15(3,4)21-16(20-14)12-11-18(5)13(17-12)19-9-7-6-8-10-19/h11H,6-10H2,1-5H3. The van der Waals surface area contributed by atoms with E-state index in [-0.39, 0.29) is 18.3 Å². The zero-order chi connectivity index (χ0) is 15.3. The smallest absolute Gasteiger partial charge is 0.398 e.